The summed E-state index contributed by atoms with van der Waals surface area (Å²) >= 11 is 7.63. The molecule has 1 N–H and O–H groups in total. The smallest absolute Gasteiger partial charge is 0.220 e. The van der Waals surface area contributed by atoms with Crippen LogP contribution in [0.25, 0.3) is 0 Å². The first-order valence-electron chi connectivity index (χ1n) is 7.76. The molecule has 124 valence electrons. The maximum Gasteiger partial charge on any atom is 0.220 e. The predicted octanol–water partition coefficient (Wildman–Crippen LogP) is 3.94. The third-order valence-corrected chi connectivity index (χ3v) is 4.95. The number of rotatable bonds is 7. The second-order valence-electron chi connectivity index (χ2n) is 5.45. The number of thiophene rings is 1. The lowest BCUT2D eigenvalue weighted by atomic mass is 10.1. The highest BCUT2D eigenvalue weighted by Gasteiger charge is 2.16. The molecule has 0 radical (unpaired) electrons. The van der Waals surface area contributed by atoms with Crippen molar-refractivity contribution in [2.45, 2.75) is 18.9 Å². The van der Waals surface area contributed by atoms with Crippen molar-refractivity contribution in [3.8, 4) is 0 Å². The number of amides is 1. The molecule has 0 aliphatic heterocycles. The van der Waals surface area contributed by atoms with Crippen molar-refractivity contribution < 1.29 is 4.79 Å². The number of aryl methyl sites for hydroxylation is 1. The van der Waals surface area contributed by atoms with Crippen LogP contribution in [0.4, 0.5) is 0 Å². The van der Waals surface area contributed by atoms with Gasteiger partial charge in [0.25, 0.3) is 0 Å². The first kappa shape index (κ1) is 16.7. The Bertz CT molecular complexity index is 737. The molecule has 3 rings (SSSR count). The second-order valence-corrected chi connectivity index (χ2v) is 6.87. The Morgan fingerprint density at radius 2 is 2.21 bits per heavy atom. The minimum Gasteiger partial charge on any atom is -0.354 e. The maximum atomic E-state index is 12.2. The molecule has 2 heterocycles. The van der Waals surface area contributed by atoms with Crippen LogP contribution in [0, 0.1) is 0 Å². The lowest BCUT2D eigenvalue weighted by Crippen LogP contribution is -2.31. The minimum absolute atomic E-state index is 0.0233. The summed E-state index contributed by atoms with van der Waals surface area (Å²) in [5, 5.41) is 10.1. The summed E-state index contributed by atoms with van der Waals surface area (Å²) in [6, 6.07) is 13.6. The number of benzene rings is 1. The zero-order valence-corrected chi connectivity index (χ0v) is 14.6. The van der Waals surface area contributed by atoms with Crippen LogP contribution in [0.3, 0.4) is 0 Å². The molecule has 1 atom stereocenters. The predicted molar refractivity (Wildman–Crippen MR) is 97.5 cm³/mol. The van der Waals surface area contributed by atoms with Crippen molar-refractivity contribution in [1.29, 1.82) is 0 Å². The molecule has 0 aliphatic carbocycles. The van der Waals surface area contributed by atoms with Gasteiger partial charge in [-0.25, -0.2) is 0 Å². The van der Waals surface area contributed by atoms with E-state index in [1.807, 2.05) is 52.7 Å². The zero-order chi connectivity index (χ0) is 16.8. The quantitative estimate of drug-likeness (QED) is 0.694. The molecule has 1 aromatic carbocycles. The molecule has 0 spiro atoms. The van der Waals surface area contributed by atoms with Crippen molar-refractivity contribution >= 4 is 28.8 Å². The second kappa shape index (κ2) is 8.13. The summed E-state index contributed by atoms with van der Waals surface area (Å²) in [5.41, 5.74) is 1.07. The molecule has 0 saturated heterocycles. The van der Waals surface area contributed by atoms with Crippen molar-refractivity contribution in [3.05, 3.63) is 75.7 Å². The number of hydrogen-bond acceptors (Lipinski definition) is 3. The van der Waals surface area contributed by atoms with Crippen LogP contribution in [-0.2, 0) is 11.2 Å². The van der Waals surface area contributed by atoms with Gasteiger partial charge >= 0.3 is 0 Å². The van der Waals surface area contributed by atoms with Gasteiger partial charge in [0.2, 0.25) is 5.91 Å². The standard InChI is InChI=1S/C18H18ClN3OS/c19-15-5-1-4-14(12-15)7-8-18(23)20-13-16(17-6-2-11-24-17)22-10-3-9-21-22/h1-6,9-12,16H,7-8,13H2,(H,20,23)/t16-/m1/s1. The lowest BCUT2D eigenvalue weighted by molar-refractivity contribution is -0.121. The highest BCUT2D eigenvalue weighted by molar-refractivity contribution is 7.10. The van der Waals surface area contributed by atoms with Gasteiger partial charge in [0.05, 0.1) is 0 Å². The van der Waals surface area contributed by atoms with Gasteiger partial charge in [-0.05, 0) is 41.6 Å². The summed E-state index contributed by atoms with van der Waals surface area (Å²) < 4.78 is 1.88. The Morgan fingerprint density at radius 1 is 1.29 bits per heavy atom. The van der Waals surface area contributed by atoms with Crippen LogP contribution >= 0.6 is 22.9 Å². The van der Waals surface area contributed by atoms with Gasteiger partial charge in [0.15, 0.2) is 0 Å². The van der Waals surface area contributed by atoms with Gasteiger partial charge in [-0.2, -0.15) is 5.10 Å². The normalized spacial score (nSPS) is 12.0. The summed E-state index contributed by atoms with van der Waals surface area (Å²) in [4.78, 5) is 13.3. The molecule has 6 heteroatoms. The van der Waals surface area contributed by atoms with Gasteiger partial charge in [0.1, 0.15) is 6.04 Å². The molecule has 4 nitrogen and oxygen atoms in total. The number of nitrogens with one attached hydrogen (secondary N) is 1. The minimum atomic E-state index is 0.0233. The van der Waals surface area contributed by atoms with Crippen LogP contribution < -0.4 is 5.32 Å². The maximum absolute atomic E-state index is 12.2. The topological polar surface area (TPSA) is 46.9 Å². The largest absolute Gasteiger partial charge is 0.354 e. The fourth-order valence-corrected chi connectivity index (χ4v) is 3.55. The Morgan fingerprint density at radius 3 is 2.92 bits per heavy atom. The summed E-state index contributed by atoms with van der Waals surface area (Å²) in [7, 11) is 0. The van der Waals surface area contributed by atoms with Crippen LogP contribution in [0.1, 0.15) is 22.9 Å². The fourth-order valence-electron chi connectivity index (χ4n) is 2.52. The van der Waals surface area contributed by atoms with Gasteiger partial charge < -0.3 is 5.32 Å². The third-order valence-electron chi connectivity index (χ3n) is 3.74. The molecule has 0 unspecified atom stereocenters. The van der Waals surface area contributed by atoms with Gasteiger partial charge in [-0.1, -0.05) is 29.8 Å². The number of carbonyl (C=O) groups is 1. The molecular weight excluding hydrogens is 342 g/mol. The van der Waals surface area contributed by atoms with Crippen LogP contribution in [0.2, 0.25) is 5.02 Å². The van der Waals surface area contributed by atoms with E-state index in [4.69, 9.17) is 11.6 Å². The number of hydrogen-bond donors (Lipinski definition) is 1. The molecule has 0 fully saturated rings. The van der Waals surface area contributed by atoms with Crippen LogP contribution in [0.5, 0.6) is 0 Å². The van der Waals surface area contributed by atoms with Crippen LogP contribution in [0.15, 0.2) is 60.2 Å². The Labute approximate surface area is 150 Å². The van der Waals surface area contributed by atoms with Gasteiger partial charge in [-0.3, -0.25) is 9.48 Å². The number of nitrogens with zero attached hydrogens (tertiary/aromatic N) is 2. The molecule has 2 aromatic heterocycles. The van der Waals surface area contributed by atoms with Crippen molar-refractivity contribution in [2.75, 3.05) is 6.54 Å². The van der Waals surface area contributed by atoms with Crippen molar-refractivity contribution in [3.63, 3.8) is 0 Å². The van der Waals surface area contributed by atoms with Crippen molar-refractivity contribution in [1.82, 2.24) is 15.1 Å². The van der Waals surface area contributed by atoms with E-state index in [9.17, 15) is 4.79 Å². The summed E-state index contributed by atoms with van der Waals surface area (Å²) in [6.07, 6.45) is 4.79. The molecule has 3 aromatic rings. The first-order valence-corrected chi connectivity index (χ1v) is 9.02. The SMILES string of the molecule is O=C(CCc1cccc(Cl)c1)NC[C@H](c1cccs1)n1cccn1. The van der Waals surface area contributed by atoms with E-state index in [0.717, 1.165) is 5.56 Å². The van der Waals surface area contributed by atoms with E-state index in [1.165, 1.54) is 4.88 Å². The lowest BCUT2D eigenvalue weighted by Gasteiger charge is -2.17. The summed E-state index contributed by atoms with van der Waals surface area (Å²) in [5.74, 6) is 0.0312. The molecular formula is C18H18ClN3OS. The Hall–Kier alpha value is -2.11. The molecule has 0 aliphatic rings. The highest BCUT2D eigenvalue weighted by atomic mass is 35.5. The Kier molecular flexibility index (Phi) is 5.67. The van der Waals surface area contributed by atoms with E-state index >= 15 is 0 Å². The number of carbonyl (C=O) groups excluding carboxylic acids is 1. The van der Waals surface area contributed by atoms with Crippen LogP contribution in [-0.4, -0.2) is 22.2 Å². The monoisotopic (exact) mass is 359 g/mol. The molecule has 0 saturated carbocycles. The number of halogens is 1. The Balaban J connectivity index is 1.56. The average Bonchev–Trinajstić information content (AvgIpc) is 3.27. The molecule has 24 heavy (non-hydrogen) atoms. The van der Waals surface area contributed by atoms with Gasteiger partial charge in [-0.15, -0.1) is 11.3 Å². The van der Waals surface area contributed by atoms with E-state index in [2.05, 4.69) is 16.5 Å². The molecule has 1 amide bonds. The molecule has 0 bridgehead atoms. The fraction of sp³-hybridized carbons (Fsp3) is 0.222. The van der Waals surface area contributed by atoms with E-state index in [1.54, 1.807) is 17.5 Å². The zero-order valence-electron chi connectivity index (χ0n) is 13.1. The highest BCUT2D eigenvalue weighted by Crippen LogP contribution is 2.22. The van der Waals surface area contributed by atoms with Gasteiger partial charge in [0, 0.05) is 35.3 Å². The first-order chi connectivity index (χ1) is 11.7. The third kappa shape index (κ3) is 4.46. The van der Waals surface area contributed by atoms with E-state index in [-0.39, 0.29) is 11.9 Å². The number of aromatic nitrogens is 2. The van der Waals surface area contributed by atoms with E-state index < -0.39 is 0 Å². The van der Waals surface area contributed by atoms with E-state index in [0.29, 0.717) is 24.4 Å². The average molecular weight is 360 g/mol. The van der Waals surface area contributed by atoms with Crippen molar-refractivity contribution in [2.24, 2.45) is 0 Å². The summed E-state index contributed by atoms with van der Waals surface area (Å²) in [6.45, 7) is 0.524.